The molecule has 8 heteroatoms. The molecule has 156 valence electrons. The lowest BCUT2D eigenvalue weighted by Gasteiger charge is -2.16. The Hall–Kier alpha value is -2.44. The topological polar surface area (TPSA) is 69.2 Å². The second-order valence-electron chi connectivity index (χ2n) is 6.36. The average Bonchev–Trinajstić information content (AvgIpc) is 2.66. The zero-order valence-corrected chi connectivity index (χ0v) is 18.3. The molecule has 0 unspecified atom stereocenters. The van der Waals surface area contributed by atoms with Gasteiger partial charge in [-0.1, -0.05) is 23.2 Å². The Labute approximate surface area is 180 Å². The van der Waals surface area contributed by atoms with Crippen molar-refractivity contribution in [3.63, 3.8) is 0 Å². The Balaban J connectivity index is 2.08. The molecule has 0 saturated carbocycles. The van der Waals surface area contributed by atoms with Gasteiger partial charge in [0.05, 0.1) is 37.5 Å². The van der Waals surface area contributed by atoms with Crippen LogP contribution in [-0.2, 0) is 11.2 Å². The first-order chi connectivity index (χ1) is 13.8. The Morgan fingerprint density at radius 2 is 1.97 bits per heavy atom. The second-order valence-corrected chi connectivity index (χ2v) is 7.17. The first kappa shape index (κ1) is 22.8. The summed E-state index contributed by atoms with van der Waals surface area (Å²) in [6, 6.07) is 8.57. The van der Waals surface area contributed by atoms with Crippen LogP contribution in [0.15, 0.2) is 35.4 Å². The molecule has 0 aromatic heterocycles. The molecule has 1 N–H and O–H groups in total. The second kappa shape index (κ2) is 10.9. The maximum atomic E-state index is 12.2. The number of benzene rings is 2. The van der Waals surface area contributed by atoms with Gasteiger partial charge in [0.1, 0.15) is 5.75 Å². The normalized spacial score (nSPS) is 11.0. The minimum atomic E-state index is -0.313. The van der Waals surface area contributed by atoms with Gasteiger partial charge in [-0.05, 0) is 62.2 Å². The first-order valence-electron chi connectivity index (χ1n) is 9.11. The maximum absolute atomic E-state index is 12.2. The van der Waals surface area contributed by atoms with E-state index in [1.54, 1.807) is 37.4 Å². The predicted octanol–water partition coefficient (Wildman–Crippen LogP) is 4.88. The van der Waals surface area contributed by atoms with Crippen molar-refractivity contribution in [3.05, 3.63) is 51.5 Å². The van der Waals surface area contributed by atoms with Crippen LogP contribution >= 0.6 is 23.2 Å². The molecule has 0 heterocycles. The van der Waals surface area contributed by atoms with E-state index in [1.165, 1.54) is 6.21 Å². The third kappa shape index (κ3) is 6.84. The van der Waals surface area contributed by atoms with Gasteiger partial charge in [-0.2, -0.15) is 5.10 Å². The summed E-state index contributed by atoms with van der Waals surface area (Å²) in [7, 11) is 1.55. The van der Waals surface area contributed by atoms with Gasteiger partial charge in [0.25, 0.3) is 0 Å². The first-order valence-corrected chi connectivity index (χ1v) is 9.87. The number of amides is 1. The number of rotatable bonds is 9. The molecule has 0 radical (unpaired) electrons. The smallest absolute Gasteiger partial charge is 0.244 e. The van der Waals surface area contributed by atoms with Gasteiger partial charge in [0.15, 0.2) is 11.5 Å². The van der Waals surface area contributed by atoms with Crippen LogP contribution in [0.3, 0.4) is 0 Å². The molecule has 0 aliphatic rings. The molecule has 0 bridgehead atoms. The Kier molecular flexibility index (Phi) is 8.61. The number of halogens is 2. The van der Waals surface area contributed by atoms with E-state index in [4.69, 9.17) is 37.4 Å². The van der Waals surface area contributed by atoms with E-state index >= 15 is 0 Å². The van der Waals surface area contributed by atoms with Gasteiger partial charge in [0, 0.05) is 5.02 Å². The molecule has 1 amide bonds. The standard InChI is InChI=1S/C21H24Cl2N2O4/c1-5-28-19-9-14(8-18(23)21(19)29-13(2)3)12-24-25-20(26)11-15-10-16(27-4)6-7-17(15)22/h6-10,12-13H,5,11H2,1-4H3,(H,25,26)/b24-12+. The van der Waals surface area contributed by atoms with Crippen LogP contribution in [0.5, 0.6) is 17.2 Å². The molecule has 29 heavy (non-hydrogen) atoms. The van der Waals surface area contributed by atoms with Crippen molar-refractivity contribution in [1.82, 2.24) is 5.43 Å². The summed E-state index contributed by atoms with van der Waals surface area (Å²) in [6.45, 7) is 6.15. The number of carbonyl (C=O) groups excluding carboxylic acids is 1. The van der Waals surface area contributed by atoms with Crippen molar-refractivity contribution < 1.29 is 19.0 Å². The zero-order chi connectivity index (χ0) is 21.4. The zero-order valence-electron chi connectivity index (χ0n) is 16.8. The van der Waals surface area contributed by atoms with Crippen LogP contribution in [0.4, 0.5) is 0 Å². The molecule has 0 atom stereocenters. The Morgan fingerprint density at radius 3 is 2.62 bits per heavy atom. The average molecular weight is 439 g/mol. The summed E-state index contributed by atoms with van der Waals surface area (Å²) in [5.74, 6) is 1.32. The highest BCUT2D eigenvalue weighted by Gasteiger charge is 2.14. The van der Waals surface area contributed by atoms with Gasteiger partial charge < -0.3 is 14.2 Å². The van der Waals surface area contributed by atoms with Crippen molar-refractivity contribution in [1.29, 1.82) is 0 Å². The van der Waals surface area contributed by atoms with Crippen molar-refractivity contribution in [2.24, 2.45) is 5.10 Å². The molecule has 0 aliphatic carbocycles. The minimum Gasteiger partial charge on any atom is -0.497 e. The fourth-order valence-electron chi connectivity index (χ4n) is 2.48. The van der Waals surface area contributed by atoms with E-state index in [2.05, 4.69) is 10.5 Å². The monoisotopic (exact) mass is 438 g/mol. The maximum Gasteiger partial charge on any atom is 0.244 e. The van der Waals surface area contributed by atoms with Gasteiger partial charge in [0.2, 0.25) is 5.91 Å². The number of carbonyl (C=O) groups is 1. The lowest BCUT2D eigenvalue weighted by atomic mass is 10.1. The largest absolute Gasteiger partial charge is 0.497 e. The molecule has 0 aliphatic heterocycles. The summed E-state index contributed by atoms with van der Waals surface area (Å²) in [5, 5.41) is 4.88. The van der Waals surface area contributed by atoms with Crippen LogP contribution in [0.2, 0.25) is 10.0 Å². The highest BCUT2D eigenvalue weighted by Crippen LogP contribution is 2.37. The van der Waals surface area contributed by atoms with E-state index < -0.39 is 0 Å². The van der Waals surface area contributed by atoms with Gasteiger partial charge in [-0.3, -0.25) is 4.79 Å². The summed E-state index contributed by atoms with van der Waals surface area (Å²) in [4.78, 5) is 12.2. The SMILES string of the molecule is CCOc1cc(/C=N/NC(=O)Cc2cc(OC)ccc2Cl)cc(Cl)c1OC(C)C. The summed E-state index contributed by atoms with van der Waals surface area (Å²) < 4.78 is 16.5. The van der Waals surface area contributed by atoms with Crippen LogP contribution in [0, 0.1) is 0 Å². The third-order valence-corrected chi connectivity index (χ3v) is 4.34. The van der Waals surface area contributed by atoms with Crippen LogP contribution in [0.25, 0.3) is 0 Å². The summed E-state index contributed by atoms with van der Waals surface area (Å²) >= 11 is 12.5. The molecule has 2 aromatic rings. The van der Waals surface area contributed by atoms with Crippen molar-refractivity contribution in [2.75, 3.05) is 13.7 Å². The van der Waals surface area contributed by atoms with Crippen molar-refractivity contribution >= 4 is 35.3 Å². The quantitative estimate of drug-likeness (QED) is 0.447. The summed E-state index contributed by atoms with van der Waals surface area (Å²) in [6.07, 6.45) is 1.51. The lowest BCUT2D eigenvalue weighted by molar-refractivity contribution is -0.120. The van der Waals surface area contributed by atoms with E-state index in [1.807, 2.05) is 20.8 Å². The van der Waals surface area contributed by atoms with E-state index in [-0.39, 0.29) is 18.4 Å². The number of nitrogens with one attached hydrogen (secondary N) is 1. The molecule has 2 aromatic carbocycles. The lowest BCUT2D eigenvalue weighted by Crippen LogP contribution is -2.20. The van der Waals surface area contributed by atoms with E-state index in [9.17, 15) is 4.79 Å². The van der Waals surface area contributed by atoms with Gasteiger partial charge in [-0.15, -0.1) is 0 Å². The Bertz CT molecular complexity index is 885. The number of hydrazone groups is 1. The van der Waals surface area contributed by atoms with Crippen LogP contribution < -0.4 is 19.6 Å². The highest BCUT2D eigenvalue weighted by atomic mass is 35.5. The fraction of sp³-hybridized carbons (Fsp3) is 0.333. The predicted molar refractivity (Wildman–Crippen MR) is 116 cm³/mol. The number of ether oxygens (including phenoxy) is 3. The Morgan fingerprint density at radius 1 is 1.21 bits per heavy atom. The van der Waals surface area contributed by atoms with Crippen LogP contribution in [-0.4, -0.2) is 31.9 Å². The third-order valence-electron chi connectivity index (χ3n) is 3.69. The summed E-state index contributed by atoms with van der Waals surface area (Å²) in [5.41, 5.74) is 3.79. The van der Waals surface area contributed by atoms with Crippen molar-refractivity contribution in [3.8, 4) is 17.2 Å². The van der Waals surface area contributed by atoms with E-state index in [0.717, 1.165) is 0 Å². The molecule has 0 spiro atoms. The number of nitrogens with zero attached hydrogens (tertiary/aromatic N) is 1. The van der Waals surface area contributed by atoms with Crippen molar-refractivity contribution in [2.45, 2.75) is 33.3 Å². The molecule has 2 rings (SSSR count). The molecule has 0 fully saturated rings. The van der Waals surface area contributed by atoms with E-state index in [0.29, 0.717) is 45.0 Å². The van der Waals surface area contributed by atoms with Crippen LogP contribution in [0.1, 0.15) is 31.9 Å². The number of methoxy groups -OCH3 is 1. The van der Waals surface area contributed by atoms with Gasteiger partial charge >= 0.3 is 0 Å². The molecular weight excluding hydrogens is 415 g/mol. The van der Waals surface area contributed by atoms with Gasteiger partial charge in [-0.25, -0.2) is 5.43 Å². The number of hydrogen-bond donors (Lipinski definition) is 1. The highest BCUT2D eigenvalue weighted by molar-refractivity contribution is 6.32. The molecule has 6 nitrogen and oxygen atoms in total. The fourth-order valence-corrected chi connectivity index (χ4v) is 2.93. The molecular formula is C21H24Cl2N2O4. The molecule has 0 saturated heterocycles. The number of hydrogen-bond acceptors (Lipinski definition) is 5. The minimum absolute atomic E-state index is 0.0473.